The van der Waals surface area contributed by atoms with Crippen LogP contribution < -0.4 is 9.64 Å². The lowest BCUT2D eigenvalue weighted by molar-refractivity contribution is -0.146. The third kappa shape index (κ3) is 6.76. The zero-order valence-electron chi connectivity index (χ0n) is 24.2. The summed E-state index contributed by atoms with van der Waals surface area (Å²) in [5.74, 6) is 0.283. The van der Waals surface area contributed by atoms with E-state index in [4.69, 9.17) is 14.5 Å². The maximum atomic E-state index is 13.2. The molecule has 0 atom stereocenters. The van der Waals surface area contributed by atoms with Crippen molar-refractivity contribution in [1.82, 2.24) is 4.98 Å². The van der Waals surface area contributed by atoms with Crippen LogP contribution in [0.5, 0.6) is 5.75 Å². The van der Waals surface area contributed by atoms with E-state index >= 15 is 0 Å². The number of carbonyl (C=O) groups is 1. The van der Waals surface area contributed by atoms with Crippen molar-refractivity contribution in [2.75, 3.05) is 18.1 Å². The number of aromatic nitrogens is 1. The molecule has 0 bridgehead atoms. The zero-order chi connectivity index (χ0) is 28.9. The summed E-state index contributed by atoms with van der Waals surface area (Å²) in [6.45, 7) is 9.87. The quantitative estimate of drug-likeness (QED) is 0.206. The number of halogens is 1. The van der Waals surface area contributed by atoms with Gasteiger partial charge in [0.15, 0.2) is 0 Å². The molecule has 3 aromatic carbocycles. The minimum atomic E-state index is -0.247. The van der Waals surface area contributed by atoms with Crippen LogP contribution >= 0.6 is 0 Å². The van der Waals surface area contributed by atoms with Crippen LogP contribution in [0.3, 0.4) is 0 Å². The fourth-order valence-corrected chi connectivity index (χ4v) is 5.57. The summed E-state index contributed by atoms with van der Waals surface area (Å²) in [7, 11) is 0. The standard InChI is InChI=1S/C35H37FN2O3/c1-23(2)41-33(39)21-32-24(3)37-25(4)34(35(32)38-19-17-27-7-5-6-8-29(27)22-38)28-11-15-31(16-12-28)40-20-18-26-9-13-30(36)14-10-26/h5-16,23H,17-22H2,1-4H3. The highest BCUT2D eigenvalue weighted by Gasteiger charge is 2.27. The molecule has 2 heterocycles. The molecule has 1 aliphatic heterocycles. The first kappa shape index (κ1) is 28.3. The zero-order valence-corrected chi connectivity index (χ0v) is 24.2. The maximum Gasteiger partial charge on any atom is 0.310 e. The number of esters is 1. The molecule has 0 saturated heterocycles. The van der Waals surface area contributed by atoms with Crippen LogP contribution in [0.25, 0.3) is 11.1 Å². The lowest BCUT2D eigenvalue weighted by Gasteiger charge is -2.35. The number of aryl methyl sites for hydroxylation is 2. The summed E-state index contributed by atoms with van der Waals surface area (Å²) in [5.41, 5.74) is 9.48. The van der Waals surface area contributed by atoms with Gasteiger partial charge >= 0.3 is 5.97 Å². The van der Waals surface area contributed by atoms with Crippen LogP contribution in [0.1, 0.15) is 47.5 Å². The summed E-state index contributed by atoms with van der Waals surface area (Å²) in [6.07, 6.45) is 1.62. The Bertz CT molecular complexity index is 1510. The molecule has 0 aliphatic carbocycles. The second-order valence-corrected chi connectivity index (χ2v) is 10.9. The third-order valence-corrected chi connectivity index (χ3v) is 7.51. The van der Waals surface area contributed by atoms with Crippen molar-refractivity contribution in [3.05, 3.63) is 112 Å². The summed E-state index contributed by atoms with van der Waals surface area (Å²) in [4.78, 5) is 20.2. The van der Waals surface area contributed by atoms with Gasteiger partial charge in [0.05, 0.1) is 24.8 Å². The largest absolute Gasteiger partial charge is 0.493 e. The van der Waals surface area contributed by atoms with Crippen molar-refractivity contribution in [2.45, 2.75) is 59.6 Å². The number of hydrogen-bond acceptors (Lipinski definition) is 5. The molecule has 5 nitrogen and oxygen atoms in total. The number of anilines is 1. The summed E-state index contributed by atoms with van der Waals surface area (Å²) in [5, 5.41) is 0. The van der Waals surface area contributed by atoms with E-state index in [1.165, 1.54) is 23.3 Å². The van der Waals surface area contributed by atoms with E-state index < -0.39 is 0 Å². The van der Waals surface area contributed by atoms with Crippen LogP contribution in [0, 0.1) is 19.7 Å². The molecular formula is C35H37FN2O3. The molecule has 4 aromatic rings. The number of fused-ring (bicyclic) bond motifs is 1. The molecule has 0 radical (unpaired) electrons. The van der Waals surface area contributed by atoms with Crippen LogP contribution in [-0.4, -0.2) is 30.2 Å². The van der Waals surface area contributed by atoms with E-state index in [0.29, 0.717) is 13.0 Å². The Hall–Kier alpha value is -4.19. The lowest BCUT2D eigenvalue weighted by Crippen LogP contribution is -2.32. The second-order valence-electron chi connectivity index (χ2n) is 10.9. The van der Waals surface area contributed by atoms with E-state index in [-0.39, 0.29) is 24.3 Å². The highest BCUT2D eigenvalue weighted by molar-refractivity contribution is 5.87. The molecule has 0 spiro atoms. The Morgan fingerprint density at radius 1 is 0.951 bits per heavy atom. The predicted octanol–water partition coefficient (Wildman–Crippen LogP) is 7.18. The van der Waals surface area contributed by atoms with Crippen LogP contribution in [0.2, 0.25) is 0 Å². The predicted molar refractivity (Wildman–Crippen MR) is 161 cm³/mol. The van der Waals surface area contributed by atoms with E-state index in [0.717, 1.165) is 64.6 Å². The summed E-state index contributed by atoms with van der Waals surface area (Å²) < 4.78 is 24.7. The highest BCUT2D eigenvalue weighted by atomic mass is 19.1. The topological polar surface area (TPSA) is 51.7 Å². The molecule has 0 saturated carbocycles. The Morgan fingerprint density at radius 3 is 2.37 bits per heavy atom. The third-order valence-electron chi connectivity index (χ3n) is 7.51. The molecule has 1 aliphatic rings. The average Bonchev–Trinajstić information content (AvgIpc) is 2.95. The van der Waals surface area contributed by atoms with Gasteiger partial charge in [-0.1, -0.05) is 48.5 Å². The van der Waals surface area contributed by atoms with Gasteiger partial charge in [-0.05, 0) is 80.6 Å². The van der Waals surface area contributed by atoms with Crippen molar-refractivity contribution in [3.8, 4) is 16.9 Å². The number of nitrogens with zero attached hydrogens (tertiary/aromatic N) is 2. The van der Waals surface area contributed by atoms with Crippen molar-refractivity contribution >= 4 is 11.7 Å². The Balaban J connectivity index is 1.46. The first-order chi connectivity index (χ1) is 19.8. The van der Waals surface area contributed by atoms with Gasteiger partial charge in [0.1, 0.15) is 11.6 Å². The summed E-state index contributed by atoms with van der Waals surface area (Å²) in [6, 6.07) is 23.1. The van der Waals surface area contributed by atoms with Crippen molar-refractivity contribution < 1.29 is 18.7 Å². The van der Waals surface area contributed by atoms with Gasteiger partial charge in [0.25, 0.3) is 0 Å². The molecule has 0 fully saturated rings. The molecule has 212 valence electrons. The van der Waals surface area contributed by atoms with Gasteiger partial charge in [-0.25, -0.2) is 4.39 Å². The second kappa shape index (κ2) is 12.5. The molecule has 0 amide bonds. The first-order valence-corrected chi connectivity index (χ1v) is 14.3. The maximum absolute atomic E-state index is 13.2. The lowest BCUT2D eigenvalue weighted by atomic mass is 9.92. The fraction of sp³-hybridized carbons (Fsp3) is 0.314. The van der Waals surface area contributed by atoms with Gasteiger partial charge in [-0.2, -0.15) is 0 Å². The Kier molecular flexibility index (Phi) is 8.67. The van der Waals surface area contributed by atoms with Crippen LogP contribution in [-0.2, 0) is 35.3 Å². The van der Waals surface area contributed by atoms with Crippen molar-refractivity contribution in [1.29, 1.82) is 0 Å². The number of benzene rings is 3. The SMILES string of the molecule is Cc1nc(C)c(-c2ccc(OCCc3ccc(F)cc3)cc2)c(N2CCc3ccccc3C2)c1CC(=O)OC(C)C. The normalized spacial score (nSPS) is 12.8. The van der Waals surface area contributed by atoms with Crippen molar-refractivity contribution in [2.24, 2.45) is 0 Å². The number of ether oxygens (including phenoxy) is 2. The first-order valence-electron chi connectivity index (χ1n) is 14.3. The van der Waals surface area contributed by atoms with Crippen LogP contribution in [0.15, 0.2) is 72.8 Å². The molecular weight excluding hydrogens is 515 g/mol. The molecule has 0 N–H and O–H groups in total. The monoisotopic (exact) mass is 552 g/mol. The van der Waals surface area contributed by atoms with E-state index in [2.05, 4.69) is 41.3 Å². The van der Waals surface area contributed by atoms with E-state index in [9.17, 15) is 9.18 Å². The van der Waals surface area contributed by atoms with Gasteiger partial charge in [0.2, 0.25) is 0 Å². The average molecular weight is 553 g/mol. The van der Waals surface area contributed by atoms with Gasteiger partial charge in [-0.15, -0.1) is 0 Å². The molecule has 5 rings (SSSR count). The molecule has 6 heteroatoms. The van der Waals surface area contributed by atoms with Crippen molar-refractivity contribution in [3.63, 3.8) is 0 Å². The summed E-state index contributed by atoms with van der Waals surface area (Å²) >= 11 is 0. The smallest absolute Gasteiger partial charge is 0.310 e. The Morgan fingerprint density at radius 2 is 1.66 bits per heavy atom. The fourth-order valence-electron chi connectivity index (χ4n) is 5.57. The number of pyridine rings is 1. The van der Waals surface area contributed by atoms with E-state index in [1.807, 2.05) is 39.8 Å². The molecule has 41 heavy (non-hydrogen) atoms. The highest BCUT2D eigenvalue weighted by Crippen LogP contribution is 2.40. The van der Waals surface area contributed by atoms with Crippen LogP contribution in [0.4, 0.5) is 10.1 Å². The Labute approximate surface area is 242 Å². The molecule has 1 aromatic heterocycles. The van der Waals surface area contributed by atoms with Gasteiger partial charge in [-0.3, -0.25) is 9.78 Å². The minimum absolute atomic E-state index is 0.169. The number of carbonyl (C=O) groups excluding carboxylic acids is 1. The molecule has 0 unspecified atom stereocenters. The van der Waals surface area contributed by atoms with Gasteiger partial charge in [0, 0.05) is 42.0 Å². The van der Waals surface area contributed by atoms with Gasteiger partial charge < -0.3 is 14.4 Å². The number of rotatable bonds is 9. The number of hydrogen-bond donors (Lipinski definition) is 0. The minimum Gasteiger partial charge on any atom is -0.493 e. The van der Waals surface area contributed by atoms with E-state index in [1.54, 1.807) is 12.1 Å².